The Labute approximate surface area is 159 Å². The van der Waals surface area contributed by atoms with E-state index >= 15 is 0 Å². The van der Waals surface area contributed by atoms with Gasteiger partial charge >= 0.3 is 0 Å². The molecule has 1 heterocycles. The molecule has 1 N–H and O–H groups in total. The van der Waals surface area contributed by atoms with Crippen LogP contribution in [-0.2, 0) is 4.79 Å². The second kappa shape index (κ2) is 8.30. The molecular formula is C19H18F2N4OS. The van der Waals surface area contributed by atoms with E-state index in [1.54, 1.807) is 37.3 Å². The smallest absolute Gasteiger partial charge is 0.233 e. The number of thioether (sulfide) groups is 1. The second-order valence-corrected chi connectivity index (χ2v) is 7.28. The molecule has 0 saturated heterocycles. The molecule has 0 fully saturated rings. The first-order valence-corrected chi connectivity index (χ1v) is 9.21. The molecule has 0 radical (unpaired) electrons. The van der Waals surface area contributed by atoms with Gasteiger partial charge in [-0.25, -0.2) is 8.78 Å². The molecule has 3 aromatic rings. The van der Waals surface area contributed by atoms with Gasteiger partial charge in [-0.05, 0) is 43.7 Å². The maximum absolute atomic E-state index is 14.0. The average Bonchev–Trinajstić information content (AvgIpc) is 3.10. The number of hydrogen-bond donors (Lipinski definition) is 1. The van der Waals surface area contributed by atoms with Crippen LogP contribution in [-0.4, -0.2) is 25.9 Å². The molecule has 1 amide bonds. The largest absolute Gasteiger partial charge is 0.349 e. The maximum Gasteiger partial charge on any atom is 0.233 e. The molecule has 2 aromatic carbocycles. The first kappa shape index (κ1) is 19.0. The SMILES string of the molecule is C[C@H](Sc1nncn1-c1ccccc1F)C(=O)N[C@H](C)c1ccc(F)cc1. The molecule has 3 rings (SSSR count). The van der Waals surface area contributed by atoms with Crippen molar-refractivity contribution in [3.05, 3.63) is 72.1 Å². The van der Waals surface area contributed by atoms with Crippen molar-refractivity contribution >= 4 is 17.7 Å². The zero-order valence-corrected chi connectivity index (χ0v) is 15.6. The summed E-state index contributed by atoms with van der Waals surface area (Å²) < 4.78 is 28.6. The van der Waals surface area contributed by atoms with Gasteiger partial charge in [-0.1, -0.05) is 36.0 Å². The van der Waals surface area contributed by atoms with E-state index in [0.29, 0.717) is 10.8 Å². The molecule has 0 spiro atoms. The quantitative estimate of drug-likeness (QED) is 0.651. The number of para-hydroxylation sites is 1. The van der Waals surface area contributed by atoms with Crippen LogP contribution in [0.5, 0.6) is 0 Å². The van der Waals surface area contributed by atoms with E-state index in [1.165, 1.54) is 40.9 Å². The van der Waals surface area contributed by atoms with Gasteiger partial charge < -0.3 is 5.32 Å². The number of rotatable bonds is 6. The molecule has 140 valence electrons. The maximum atomic E-state index is 14.0. The van der Waals surface area contributed by atoms with E-state index in [0.717, 1.165) is 5.56 Å². The van der Waals surface area contributed by atoms with E-state index in [9.17, 15) is 13.6 Å². The molecule has 0 aliphatic heterocycles. The molecule has 0 aliphatic rings. The number of benzene rings is 2. The predicted octanol–water partition coefficient (Wildman–Crippen LogP) is 3.90. The van der Waals surface area contributed by atoms with Gasteiger partial charge in [0.1, 0.15) is 18.0 Å². The van der Waals surface area contributed by atoms with E-state index < -0.39 is 11.1 Å². The molecule has 1 aromatic heterocycles. The Morgan fingerprint density at radius 3 is 2.52 bits per heavy atom. The van der Waals surface area contributed by atoms with E-state index in [4.69, 9.17) is 0 Å². The number of nitrogens with one attached hydrogen (secondary N) is 1. The Balaban J connectivity index is 1.68. The molecule has 0 aliphatic carbocycles. The van der Waals surface area contributed by atoms with Crippen molar-refractivity contribution in [1.82, 2.24) is 20.1 Å². The fourth-order valence-electron chi connectivity index (χ4n) is 2.49. The van der Waals surface area contributed by atoms with Gasteiger partial charge in [0, 0.05) is 0 Å². The Morgan fingerprint density at radius 2 is 1.81 bits per heavy atom. The Morgan fingerprint density at radius 1 is 1.11 bits per heavy atom. The number of carbonyl (C=O) groups is 1. The molecular weight excluding hydrogens is 370 g/mol. The minimum Gasteiger partial charge on any atom is -0.349 e. The van der Waals surface area contributed by atoms with E-state index in [2.05, 4.69) is 15.5 Å². The lowest BCUT2D eigenvalue weighted by atomic mass is 10.1. The lowest BCUT2D eigenvalue weighted by Gasteiger charge is -2.17. The third-order valence-electron chi connectivity index (χ3n) is 4.01. The van der Waals surface area contributed by atoms with Crippen LogP contribution < -0.4 is 5.32 Å². The molecule has 8 heteroatoms. The van der Waals surface area contributed by atoms with Crippen LogP contribution in [0.1, 0.15) is 25.5 Å². The minimum absolute atomic E-state index is 0.208. The highest BCUT2D eigenvalue weighted by Gasteiger charge is 2.21. The van der Waals surface area contributed by atoms with Crippen molar-refractivity contribution in [2.24, 2.45) is 0 Å². The van der Waals surface area contributed by atoms with Crippen LogP contribution >= 0.6 is 11.8 Å². The van der Waals surface area contributed by atoms with Crippen molar-refractivity contribution in [2.45, 2.75) is 30.3 Å². The fourth-order valence-corrected chi connectivity index (χ4v) is 3.34. The van der Waals surface area contributed by atoms with Crippen LogP contribution in [0, 0.1) is 11.6 Å². The van der Waals surface area contributed by atoms with Gasteiger partial charge in [-0.15, -0.1) is 10.2 Å². The third kappa shape index (κ3) is 4.51. The molecule has 0 bridgehead atoms. The molecule has 2 atom stereocenters. The number of hydrogen-bond acceptors (Lipinski definition) is 4. The molecule has 27 heavy (non-hydrogen) atoms. The van der Waals surface area contributed by atoms with Crippen molar-refractivity contribution in [3.8, 4) is 5.69 Å². The number of aromatic nitrogens is 3. The highest BCUT2D eigenvalue weighted by Crippen LogP contribution is 2.25. The Hall–Kier alpha value is -2.74. The molecule has 0 unspecified atom stereocenters. The average molecular weight is 388 g/mol. The summed E-state index contributed by atoms with van der Waals surface area (Å²) in [5.41, 5.74) is 1.12. The lowest BCUT2D eigenvalue weighted by Crippen LogP contribution is -2.33. The van der Waals surface area contributed by atoms with Crippen molar-refractivity contribution in [3.63, 3.8) is 0 Å². The summed E-state index contributed by atoms with van der Waals surface area (Å²) in [6.45, 7) is 3.56. The van der Waals surface area contributed by atoms with Crippen molar-refractivity contribution < 1.29 is 13.6 Å². The van der Waals surface area contributed by atoms with Gasteiger partial charge in [0.05, 0.1) is 17.0 Å². The normalized spacial score (nSPS) is 13.2. The van der Waals surface area contributed by atoms with Gasteiger partial charge in [0.15, 0.2) is 5.16 Å². The third-order valence-corrected chi connectivity index (χ3v) is 5.07. The molecule has 0 saturated carbocycles. The number of carbonyl (C=O) groups excluding carboxylic acids is 1. The zero-order chi connectivity index (χ0) is 19.4. The van der Waals surface area contributed by atoms with Gasteiger partial charge in [-0.2, -0.15) is 0 Å². The standard InChI is InChI=1S/C19H18F2N4OS/c1-12(14-7-9-15(20)10-8-14)23-18(26)13(2)27-19-24-22-11-25(19)17-6-4-3-5-16(17)21/h3-13H,1-2H3,(H,23,26)/t12-,13+/m1/s1. The summed E-state index contributed by atoms with van der Waals surface area (Å²) >= 11 is 1.18. The molecule has 5 nitrogen and oxygen atoms in total. The highest BCUT2D eigenvalue weighted by molar-refractivity contribution is 8.00. The topological polar surface area (TPSA) is 59.8 Å². The first-order chi connectivity index (χ1) is 13.0. The fraction of sp³-hybridized carbons (Fsp3) is 0.211. The highest BCUT2D eigenvalue weighted by atomic mass is 32.2. The monoisotopic (exact) mass is 388 g/mol. The summed E-state index contributed by atoms with van der Waals surface area (Å²) in [6.07, 6.45) is 1.41. The Kier molecular flexibility index (Phi) is 5.85. The summed E-state index contributed by atoms with van der Waals surface area (Å²) in [6, 6.07) is 12.0. The van der Waals surface area contributed by atoms with Crippen molar-refractivity contribution in [2.75, 3.05) is 0 Å². The van der Waals surface area contributed by atoms with E-state index in [-0.39, 0.29) is 17.8 Å². The number of halogens is 2. The van der Waals surface area contributed by atoms with E-state index in [1.807, 2.05) is 6.92 Å². The van der Waals surface area contributed by atoms with Crippen LogP contribution in [0.15, 0.2) is 60.0 Å². The summed E-state index contributed by atoms with van der Waals surface area (Å²) in [5.74, 6) is -0.935. The van der Waals surface area contributed by atoms with Gasteiger partial charge in [-0.3, -0.25) is 9.36 Å². The van der Waals surface area contributed by atoms with Crippen LogP contribution in [0.4, 0.5) is 8.78 Å². The summed E-state index contributed by atoms with van der Waals surface area (Å²) in [4.78, 5) is 12.5. The zero-order valence-electron chi connectivity index (χ0n) is 14.8. The second-order valence-electron chi connectivity index (χ2n) is 5.98. The first-order valence-electron chi connectivity index (χ1n) is 8.33. The van der Waals surface area contributed by atoms with Gasteiger partial charge in [0.2, 0.25) is 5.91 Å². The van der Waals surface area contributed by atoms with Crippen LogP contribution in [0.25, 0.3) is 5.69 Å². The van der Waals surface area contributed by atoms with Gasteiger partial charge in [0.25, 0.3) is 0 Å². The van der Waals surface area contributed by atoms with Crippen LogP contribution in [0.2, 0.25) is 0 Å². The summed E-state index contributed by atoms with van der Waals surface area (Å²) in [5, 5.41) is 10.6. The minimum atomic E-state index is -0.484. The lowest BCUT2D eigenvalue weighted by molar-refractivity contribution is -0.120. The number of nitrogens with zero attached hydrogens (tertiary/aromatic N) is 3. The number of amides is 1. The predicted molar refractivity (Wildman–Crippen MR) is 99.6 cm³/mol. The summed E-state index contributed by atoms with van der Waals surface area (Å²) in [7, 11) is 0. The van der Waals surface area contributed by atoms with Crippen LogP contribution in [0.3, 0.4) is 0 Å². The van der Waals surface area contributed by atoms with Crippen molar-refractivity contribution in [1.29, 1.82) is 0 Å². The Bertz CT molecular complexity index is 929.